The van der Waals surface area contributed by atoms with E-state index in [1.165, 1.54) is 11.9 Å². The Morgan fingerprint density at radius 3 is 2.82 bits per heavy atom. The number of nitrogens with zero attached hydrogens (tertiary/aromatic N) is 4. The van der Waals surface area contributed by atoms with Crippen molar-refractivity contribution in [3.05, 3.63) is 60.0 Å². The smallest absolute Gasteiger partial charge is 0.272 e. The van der Waals surface area contributed by atoms with Crippen LogP contribution in [-0.4, -0.2) is 50.8 Å². The number of amides is 1. The van der Waals surface area contributed by atoms with Gasteiger partial charge in [-0.25, -0.2) is 14.6 Å². The highest BCUT2D eigenvalue weighted by Gasteiger charge is 2.25. The van der Waals surface area contributed by atoms with Crippen LogP contribution in [0, 0.1) is 0 Å². The lowest BCUT2D eigenvalue weighted by atomic mass is 10.1. The molecule has 2 aromatic carbocycles. The van der Waals surface area contributed by atoms with Crippen molar-refractivity contribution in [2.45, 2.75) is 32.2 Å². The Bertz CT molecular complexity index is 1650. The van der Waals surface area contributed by atoms with Gasteiger partial charge in [0, 0.05) is 29.3 Å². The van der Waals surface area contributed by atoms with E-state index in [1.807, 2.05) is 35.0 Å². The van der Waals surface area contributed by atoms with Gasteiger partial charge in [0.05, 0.1) is 37.3 Å². The van der Waals surface area contributed by atoms with Gasteiger partial charge in [-0.1, -0.05) is 19.1 Å². The highest BCUT2D eigenvalue weighted by Crippen LogP contribution is 2.37. The van der Waals surface area contributed by atoms with Crippen molar-refractivity contribution in [2.75, 3.05) is 31.2 Å². The van der Waals surface area contributed by atoms with Crippen LogP contribution in [0.25, 0.3) is 33.2 Å². The number of carbonyl (C=O) groups is 1. The number of nitrogen functional groups attached to an aromatic ring is 1. The van der Waals surface area contributed by atoms with Gasteiger partial charge in [0.1, 0.15) is 29.3 Å². The minimum Gasteiger partial charge on any atom is -0.495 e. The normalized spacial score (nSPS) is 14.3. The number of benzene rings is 2. The molecule has 0 bridgehead atoms. The number of quaternary nitrogens is 1. The van der Waals surface area contributed by atoms with Crippen molar-refractivity contribution < 1.29 is 14.8 Å². The molecule has 5 aromatic rings. The quantitative estimate of drug-likeness (QED) is 0.276. The molecule has 10 nitrogen and oxygen atoms in total. The topological polar surface area (TPSA) is 140 Å². The van der Waals surface area contributed by atoms with Crippen LogP contribution < -0.4 is 21.1 Å². The van der Waals surface area contributed by atoms with E-state index in [0.717, 1.165) is 59.9 Å². The first kappa shape index (κ1) is 23.9. The number of rotatable bonds is 6. The Balaban J connectivity index is 1.34. The molecular weight excluding hydrogens is 480 g/mol. The van der Waals surface area contributed by atoms with Crippen molar-refractivity contribution in [3.63, 3.8) is 0 Å². The zero-order chi connectivity index (χ0) is 26.2. The molecule has 0 atom stereocenters. The number of carbonyl (C=O) groups excluding carboxylic acids is 1. The lowest BCUT2D eigenvalue weighted by molar-refractivity contribution is -0.664. The summed E-state index contributed by atoms with van der Waals surface area (Å²) in [7, 11) is 1.58. The van der Waals surface area contributed by atoms with Crippen molar-refractivity contribution in [1.29, 1.82) is 0 Å². The third-order valence-corrected chi connectivity index (χ3v) is 7.33. The van der Waals surface area contributed by atoms with Crippen LogP contribution in [0.5, 0.6) is 5.75 Å². The monoisotopic (exact) mass is 511 g/mol. The van der Waals surface area contributed by atoms with E-state index in [4.69, 9.17) is 15.6 Å². The molecule has 1 amide bonds. The number of aromatic nitrogens is 5. The van der Waals surface area contributed by atoms with Crippen LogP contribution in [0.1, 0.15) is 41.9 Å². The van der Waals surface area contributed by atoms with Gasteiger partial charge in [-0.3, -0.25) is 4.79 Å². The second-order valence-electron chi connectivity index (χ2n) is 9.68. The molecule has 1 aliphatic heterocycles. The van der Waals surface area contributed by atoms with Gasteiger partial charge in [-0.15, -0.1) is 0 Å². The number of aryl methyl sites for hydroxylation is 1. The first-order chi connectivity index (χ1) is 18.6. The minimum absolute atomic E-state index is 0.244. The highest BCUT2D eigenvalue weighted by atomic mass is 16.5. The van der Waals surface area contributed by atoms with Crippen LogP contribution in [0.3, 0.4) is 0 Å². The van der Waals surface area contributed by atoms with E-state index in [2.05, 4.69) is 44.6 Å². The number of aromatic amines is 1. The van der Waals surface area contributed by atoms with E-state index < -0.39 is 0 Å². The number of anilines is 2. The number of methoxy groups -OCH3 is 1. The van der Waals surface area contributed by atoms with E-state index in [9.17, 15) is 4.79 Å². The van der Waals surface area contributed by atoms with Crippen molar-refractivity contribution in [1.82, 2.24) is 24.7 Å². The zero-order valence-corrected chi connectivity index (χ0v) is 21.5. The summed E-state index contributed by atoms with van der Waals surface area (Å²) in [5.74, 6) is 0.664. The number of ether oxygens (including phenoxy) is 1. The number of H-pyrrole nitrogens is 1. The molecule has 0 aliphatic carbocycles. The van der Waals surface area contributed by atoms with Crippen LogP contribution in [0.15, 0.2) is 48.8 Å². The largest absolute Gasteiger partial charge is 0.495 e. The molecule has 0 saturated carbocycles. The number of fused-ring (bicyclic) bond motifs is 2. The van der Waals surface area contributed by atoms with Crippen LogP contribution in [0.2, 0.25) is 0 Å². The third kappa shape index (κ3) is 4.22. The Labute approximate surface area is 219 Å². The molecule has 194 valence electrons. The summed E-state index contributed by atoms with van der Waals surface area (Å²) in [6, 6.07) is 13.9. The maximum atomic E-state index is 13.1. The molecule has 6 rings (SSSR count). The fraction of sp³-hybridized carbons (Fsp3) is 0.286. The fourth-order valence-electron chi connectivity index (χ4n) is 5.26. The van der Waals surface area contributed by atoms with Crippen LogP contribution in [0.4, 0.5) is 11.5 Å². The van der Waals surface area contributed by atoms with E-state index in [1.54, 1.807) is 7.11 Å². The molecule has 10 heteroatoms. The van der Waals surface area contributed by atoms with Crippen molar-refractivity contribution in [3.8, 4) is 17.0 Å². The Kier molecular flexibility index (Phi) is 6.16. The van der Waals surface area contributed by atoms with Gasteiger partial charge in [-0.05, 0) is 42.3 Å². The standard InChI is InChI=1S/C28H30N8O2/c1-3-16-4-6-20-18(12-16)13-22(33-20)28(37)34-21-7-5-17(14-23(21)38-2)25-24-26(29)31-15-32-27(24)36(35-25)19-8-10-30-11-9-19/h4-7,12-15,19,30,33H,3,8-11H2,1-2H3,(H,34,37)(H2,29,31,32)/p+1. The Hall–Kier alpha value is -4.44. The second-order valence-corrected chi connectivity index (χ2v) is 9.68. The van der Waals surface area contributed by atoms with Gasteiger partial charge in [0.15, 0.2) is 5.65 Å². The molecule has 3 aromatic heterocycles. The first-order valence-electron chi connectivity index (χ1n) is 13.0. The predicted octanol–water partition coefficient (Wildman–Crippen LogP) is 3.28. The fourth-order valence-corrected chi connectivity index (χ4v) is 5.26. The molecule has 4 heterocycles. The lowest BCUT2D eigenvalue weighted by Gasteiger charge is -2.21. The van der Waals surface area contributed by atoms with Gasteiger partial charge < -0.3 is 26.1 Å². The number of nitrogens with two attached hydrogens (primary N) is 2. The van der Waals surface area contributed by atoms with Gasteiger partial charge in [-0.2, -0.15) is 5.10 Å². The molecule has 0 spiro atoms. The Morgan fingerprint density at radius 2 is 2.03 bits per heavy atom. The SMILES string of the molecule is CCc1ccc2[nH]c(C(=O)Nc3ccc(-c4nn(C5CC[NH2+]CC5)c5ncnc(N)c45)cc3OC)cc2c1. The van der Waals surface area contributed by atoms with E-state index in [0.29, 0.717) is 28.6 Å². The summed E-state index contributed by atoms with van der Waals surface area (Å²) in [5, 5.41) is 12.0. The average molecular weight is 512 g/mol. The predicted molar refractivity (Wildman–Crippen MR) is 147 cm³/mol. The summed E-state index contributed by atoms with van der Waals surface area (Å²) >= 11 is 0. The summed E-state index contributed by atoms with van der Waals surface area (Å²) in [4.78, 5) is 25.1. The van der Waals surface area contributed by atoms with E-state index >= 15 is 0 Å². The summed E-state index contributed by atoms with van der Waals surface area (Å²) in [5.41, 5.74) is 11.8. The summed E-state index contributed by atoms with van der Waals surface area (Å²) in [6.07, 6.45) is 4.46. The number of hydrogen-bond acceptors (Lipinski definition) is 6. The summed E-state index contributed by atoms with van der Waals surface area (Å²) in [6.45, 7) is 4.22. The van der Waals surface area contributed by atoms with Gasteiger partial charge in [0.2, 0.25) is 0 Å². The average Bonchev–Trinajstić information content (AvgIpc) is 3.56. The highest BCUT2D eigenvalue weighted by molar-refractivity contribution is 6.07. The molecule has 0 unspecified atom stereocenters. The first-order valence-corrected chi connectivity index (χ1v) is 13.0. The molecule has 38 heavy (non-hydrogen) atoms. The molecule has 6 N–H and O–H groups in total. The second kappa shape index (κ2) is 9.79. The maximum Gasteiger partial charge on any atom is 0.272 e. The minimum atomic E-state index is -0.244. The zero-order valence-electron chi connectivity index (χ0n) is 21.5. The lowest BCUT2D eigenvalue weighted by Crippen LogP contribution is -2.86. The van der Waals surface area contributed by atoms with Crippen LogP contribution >= 0.6 is 0 Å². The van der Waals surface area contributed by atoms with Crippen molar-refractivity contribution in [2.24, 2.45) is 0 Å². The van der Waals surface area contributed by atoms with Crippen LogP contribution in [-0.2, 0) is 6.42 Å². The van der Waals surface area contributed by atoms with Crippen molar-refractivity contribution >= 4 is 39.3 Å². The number of piperidine rings is 1. The van der Waals surface area contributed by atoms with Gasteiger partial charge in [0.25, 0.3) is 5.91 Å². The molecule has 1 fully saturated rings. The summed E-state index contributed by atoms with van der Waals surface area (Å²) < 4.78 is 7.67. The number of hydrogen-bond donors (Lipinski definition) is 4. The Morgan fingerprint density at radius 1 is 1.18 bits per heavy atom. The molecular formula is C28H31N8O2+. The molecule has 1 aliphatic rings. The number of nitrogens with one attached hydrogen (secondary N) is 2. The molecule has 1 saturated heterocycles. The third-order valence-electron chi connectivity index (χ3n) is 7.33. The van der Waals surface area contributed by atoms with E-state index in [-0.39, 0.29) is 11.9 Å². The maximum absolute atomic E-state index is 13.1. The van der Waals surface area contributed by atoms with Gasteiger partial charge >= 0.3 is 0 Å². The molecule has 0 radical (unpaired) electrons.